The van der Waals surface area contributed by atoms with Crippen LogP contribution in [0.3, 0.4) is 0 Å². The van der Waals surface area contributed by atoms with Gasteiger partial charge >= 0.3 is 0 Å². The van der Waals surface area contributed by atoms with Crippen LogP contribution in [0.25, 0.3) is 0 Å². The van der Waals surface area contributed by atoms with Crippen LogP contribution < -0.4 is 0 Å². The number of hydrogen-bond acceptors (Lipinski definition) is 1. The second-order valence-electron chi connectivity index (χ2n) is 1.36. The first-order chi connectivity index (χ1) is 3.85. The molecule has 0 saturated carbocycles. The van der Waals surface area contributed by atoms with E-state index in [2.05, 4.69) is 0 Å². The predicted molar refractivity (Wildman–Crippen MR) is 34.2 cm³/mol. The lowest BCUT2D eigenvalue weighted by molar-refractivity contribution is 1.48. The van der Waals surface area contributed by atoms with Gasteiger partial charge in [0.2, 0.25) is 0 Å². The largest absolute Gasteiger partial charge is 0.192 e. The molecular formula is C7H9N. The van der Waals surface area contributed by atoms with Crippen molar-refractivity contribution in [3.05, 3.63) is 23.8 Å². The Balaban J connectivity index is 3.98. The van der Waals surface area contributed by atoms with Gasteiger partial charge in [0, 0.05) is 5.57 Å². The minimum absolute atomic E-state index is 0.715. The Morgan fingerprint density at radius 2 is 2.12 bits per heavy atom. The summed E-state index contributed by atoms with van der Waals surface area (Å²) < 4.78 is 0. The van der Waals surface area contributed by atoms with Crippen molar-refractivity contribution < 1.29 is 0 Å². The molecule has 8 heavy (non-hydrogen) atoms. The highest BCUT2D eigenvalue weighted by molar-refractivity contribution is 5.31. The van der Waals surface area contributed by atoms with Gasteiger partial charge in [-0.1, -0.05) is 12.2 Å². The lowest BCUT2D eigenvalue weighted by Gasteiger charge is -1.78. The molecular weight excluding hydrogens is 98.1 g/mol. The number of allylic oxidation sites excluding steroid dienone is 4. The molecule has 42 valence electrons. The van der Waals surface area contributed by atoms with Crippen LogP contribution in [0.5, 0.6) is 0 Å². The van der Waals surface area contributed by atoms with Crippen LogP contribution in [0.4, 0.5) is 0 Å². The SMILES string of the molecule is C/C=C\C(C#N)=C/C. The summed E-state index contributed by atoms with van der Waals surface area (Å²) >= 11 is 0. The standard InChI is InChI=1S/C7H9N/c1-3-5-7(4-2)6-8/h3-5H,1-2H3/b5-3-,7-4+. The molecule has 0 aliphatic rings. The van der Waals surface area contributed by atoms with Crippen LogP contribution in [-0.2, 0) is 0 Å². The third-order valence-corrected chi connectivity index (χ3v) is 0.786. The maximum atomic E-state index is 8.29. The highest BCUT2D eigenvalue weighted by Crippen LogP contribution is 1.91. The summed E-state index contributed by atoms with van der Waals surface area (Å²) in [6, 6.07) is 2.03. The van der Waals surface area contributed by atoms with Crippen molar-refractivity contribution in [1.29, 1.82) is 5.26 Å². The van der Waals surface area contributed by atoms with Crippen molar-refractivity contribution in [3.8, 4) is 6.07 Å². The van der Waals surface area contributed by atoms with Crippen molar-refractivity contribution in [2.24, 2.45) is 0 Å². The van der Waals surface area contributed by atoms with E-state index in [1.54, 1.807) is 12.2 Å². The smallest absolute Gasteiger partial charge is 0.0987 e. The van der Waals surface area contributed by atoms with Crippen molar-refractivity contribution in [2.45, 2.75) is 13.8 Å². The van der Waals surface area contributed by atoms with Crippen LogP contribution in [0.1, 0.15) is 13.8 Å². The molecule has 0 aliphatic carbocycles. The van der Waals surface area contributed by atoms with Crippen molar-refractivity contribution in [3.63, 3.8) is 0 Å². The van der Waals surface area contributed by atoms with Gasteiger partial charge in [0.25, 0.3) is 0 Å². The fraction of sp³-hybridized carbons (Fsp3) is 0.286. The average molecular weight is 107 g/mol. The molecule has 0 saturated heterocycles. The summed E-state index contributed by atoms with van der Waals surface area (Å²) in [5, 5.41) is 8.29. The molecule has 0 radical (unpaired) electrons. The van der Waals surface area contributed by atoms with Crippen LogP contribution in [0, 0.1) is 11.3 Å². The zero-order valence-corrected chi connectivity index (χ0v) is 5.18. The quantitative estimate of drug-likeness (QED) is 0.371. The Bertz CT molecular complexity index is 146. The number of rotatable bonds is 1. The van der Waals surface area contributed by atoms with Crippen LogP contribution >= 0.6 is 0 Å². The second-order valence-corrected chi connectivity index (χ2v) is 1.36. The van der Waals surface area contributed by atoms with Gasteiger partial charge in [0.05, 0.1) is 6.07 Å². The van der Waals surface area contributed by atoms with Gasteiger partial charge < -0.3 is 0 Å². The van der Waals surface area contributed by atoms with Crippen molar-refractivity contribution in [2.75, 3.05) is 0 Å². The summed E-state index contributed by atoms with van der Waals surface area (Å²) in [4.78, 5) is 0. The number of nitriles is 1. The fourth-order valence-corrected chi connectivity index (χ4v) is 0.378. The van der Waals surface area contributed by atoms with Gasteiger partial charge in [-0.3, -0.25) is 0 Å². The monoisotopic (exact) mass is 107 g/mol. The van der Waals surface area contributed by atoms with Crippen LogP contribution in [0.15, 0.2) is 23.8 Å². The third kappa shape index (κ3) is 2.20. The Labute approximate surface area is 49.9 Å². The first-order valence-electron chi connectivity index (χ1n) is 2.54. The third-order valence-electron chi connectivity index (χ3n) is 0.786. The summed E-state index contributed by atoms with van der Waals surface area (Å²) in [5.74, 6) is 0. The number of hydrogen-bond donors (Lipinski definition) is 0. The van der Waals surface area contributed by atoms with E-state index in [9.17, 15) is 0 Å². The Morgan fingerprint density at radius 1 is 1.50 bits per heavy atom. The van der Waals surface area contributed by atoms with Crippen LogP contribution in [-0.4, -0.2) is 0 Å². The molecule has 0 N–H and O–H groups in total. The molecule has 1 heteroatoms. The number of nitrogens with zero attached hydrogens (tertiary/aromatic N) is 1. The van der Waals surface area contributed by atoms with E-state index >= 15 is 0 Å². The molecule has 0 atom stereocenters. The van der Waals surface area contributed by atoms with E-state index in [-0.39, 0.29) is 0 Å². The molecule has 0 amide bonds. The molecule has 0 aromatic heterocycles. The summed E-state index contributed by atoms with van der Waals surface area (Å²) in [6.45, 7) is 3.74. The maximum Gasteiger partial charge on any atom is 0.0987 e. The van der Waals surface area contributed by atoms with Gasteiger partial charge in [0.15, 0.2) is 0 Å². The minimum atomic E-state index is 0.715. The van der Waals surface area contributed by atoms with Gasteiger partial charge in [-0.05, 0) is 19.9 Å². The van der Waals surface area contributed by atoms with Crippen LogP contribution in [0.2, 0.25) is 0 Å². The summed E-state index contributed by atoms with van der Waals surface area (Å²) in [7, 11) is 0. The Hall–Kier alpha value is -1.03. The van der Waals surface area contributed by atoms with Gasteiger partial charge in [0.1, 0.15) is 0 Å². The Kier molecular flexibility index (Phi) is 3.60. The van der Waals surface area contributed by atoms with Crippen molar-refractivity contribution >= 4 is 0 Å². The van der Waals surface area contributed by atoms with Crippen molar-refractivity contribution in [1.82, 2.24) is 0 Å². The predicted octanol–water partition coefficient (Wildman–Crippen LogP) is 2.03. The first kappa shape index (κ1) is 6.97. The minimum Gasteiger partial charge on any atom is -0.192 e. The molecule has 0 aromatic carbocycles. The molecule has 0 bridgehead atoms. The summed E-state index contributed by atoms with van der Waals surface area (Å²) in [6.07, 6.45) is 5.40. The first-order valence-corrected chi connectivity index (χ1v) is 2.54. The topological polar surface area (TPSA) is 23.8 Å². The van der Waals surface area contributed by atoms with E-state index in [4.69, 9.17) is 5.26 Å². The molecule has 0 rings (SSSR count). The summed E-state index contributed by atoms with van der Waals surface area (Å²) in [5.41, 5.74) is 0.715. The lowest BCUT2D eigenvalue weighted by atomic mass is 10.3. The zero-order valence-electron chi connectivity index (χ0n) is 5.18. The van der Waals surface area contributed by atoms with E-state index in [1.807, 2.05) is 26.0 Å². The van der Waals surface area contributed by atoms with E-state index in [0.717, 1.165) is 0 Å². The molecule has 0 spiro atoms. The zero-order chi connectivity index (χ0) is 6.41. The van der Waals surface area contributed by atoms with E-state index < -0.39 is 0 Å². The Morgan fingerprint density at radius 3 is 2.25 bits per heavy atom. The molecule has 1 nitrogen and oxygen atoms in total. The van der Waals surface area contributed by atoms with Gasteiger partial charge in [-0.15, -0.1) is 0 Å². The van der Waals surface area contributed by atoms with E-state index in [1.165, 1.54) is 0 Å². The average Bonchev–Trinajstić information content (AvgIpc) is 1.83. The highest BCUT2D eigenvalue weighted by atomic mass is 14.2. The molecule has 0 unspecified atom stereocenters. The molecule has 0 aromatic rings. The highest BCUT2D eigenvalue weighted by Gasteiger charge is 1.78. The fourth-order valence-electron chi connectivity index (χ4n) is 0.378. The van der Waals surface area contributed by atoms with E-state index in [0.29, 0.717) is 5.57 Å². The molecule has 0 aliphatic heterocycles. The molecule has 0 fully saturated rings. The maximum absolute atomic E-state index is 8.29. The second kappa shape index (κ2) is 4.14. The molecule has 0 heterocycles. The lowest BCUT2D eigenvalue weighted by Crippen LogP contribution is -1.65. The van der Waals surface area contributed by atoms with Gasteiger partial charge in [-0.2, -0.15) is 5.26 Å². The normalized spacial score (nSPS) is 11.9. The van der Waals surface area contributed by atoms with Gasteiger partial charge in [-0.25, -0.2) is 0 Å².